The summed E-state index contributed by atoms with van der Waals surface area (Å²) < 4.78 is 0. The van der Waals surface area contributed by atoms with Gasteiger partial charge in [-0.2, -0.15) is 0 Å². The SMILES string of the molecule is OCC1CN1CO. The quantitative estimate of drug-likeness (QED) is 0.423. The molecule has 0 radical (unpaired) electrons. The van der Waals surface area contributed by atoms with Gasteiger partial charge in [0, 0.05) is 12.6 Å². The van der Waals surface area contributed by atoms with Crippen LogP contribution in [0.15, 0.2) is 0 Å². The molecule has 0 amide bonds. The van der Waals surface area contributed by atoms with Crippen molar-refractivity contribution in [2.45, 2.75) is 6.04 Å². The Labute approximate surface area is 42.2 Å². The van der Waals surface area contributed by atoms with Gasteiger partial charge >= 0.3 is 0 Å². The lowest BCUT2D eigenvalue weighted by molar-refractivity contribution is 0.175. The summed E-state index contributed by atoms with van der Waals surface area (Å²) in [4.78, 5) is 1.78. The Morgan fingerprint density at radius 2 is 2.29 bits per heavy atom. The monoisotopic (exact) mass is 103 g/mol. The molecule has 1 rings (SSSR count). The van der Waals surface area contributed by atoms with Crippen LogP contribution in [-0.4, -0.2) is 41.0 Å². The van der Waals surface area contributed by atoms with Gasteiger partial charge in [-0.3, -0.25) is 4.90 Å². The zero-order valence-electron chi connectivity index (χ0n) is 4.04. The Kier molecular flexibility index (Phi) is 1.27. The molecule has 0 spiro atoms. The van der Waals surface area contributed by atoms with Crippen molar-refractivity contribution in [1.82, 2.24) is 4.90 Å². The third-order valence-corrected chi connectivity index (χ3v) is 1.22. The fourth-order valence-electron chi connectivity index (χ4n) is 0.570. The molecule has 0 aromatic heterocycles. The molecule has 0 aliphatic carbocycles. The van der Waals surface area contributed by atoms with Gasteiger partial charge in [0.15, 0.2) is 0 Å². The second kappa shape index (κ2) is 1.78. The van der Waals surface area contributed by atoms with Crippen LogP contribution >= 0.6 is 0 Å². The minimum absolute atomic E-state index is 0.0885. The highest BCUT2D eigenvalue weighted by molar-refractivity contribution is 4.85. The zero-order valence-corrected chi connectivity index (χ0v) is 4.04. The highest BCUT2D eigenvalue weighted by Gasteiger charge is 2.31. The van der Waals surface area contributed by atoms with Crippen LogP contribution < -0.4 is 0 Å². The fraction of sp³-hybridized carbons (Fsp3) is 1.00. The topological polar surface area (TPSA) is 43.5 Å². The van der Waals surface area contributed by atoms with Crippen molar-refractivity contribution in [3.8, 4) is 0 Å². The van der Waals surface area contributed by atoms with E-state index < -0.39 is 0 Å². The molecule has 3 heteroatoms. The first-order valence-electron chi connectivity index (χ1n) is 2.34. The second-order valence-electron chi connectivity index (χ2n) is 1.75. The number of hydrogen-bond donors (Lipinski definition) is 2. The van der Waals surface area contributed by atoms with Crippen molar-refractivity contribution >= 4 is 0 Å². The van der Waals surface area contributed by atoms with E-state index in [0.29, 0.717) is 0 Å². The highest BCUT2D eigenvalue weighted by atomic mass is 16.3. The maximum absolute atomic E-state index is 8.35. The van der Waals surface area contributed by atoms with E-state index in [0.717, 1.165) is 6.54 Å². The molecule has 7 heavy (non-hydrogen) atoms. The van der Waals surface area contributed by atoms with Crippen LogP contribution in [0.2, 0.25) is 0 Å². The predicted molar refractivity (Wildman–Crippen MR) is 24.7 cm³/mol. The van der Waals surface area contributed by atoms with Crippen molar-refractivity contribution in [1.29, 1.82) is 0 Å². The van der Waals surface area contributed by atoms with Crippen LogP contribution in [0.5, 0.6) is 0 Å². The lowest BCUT2D eigenvalue weighted by Gasteiger charge is -1.90. The molecular formula is C4H9NO2. The first-order chi connectivity index (χ1) is 3.38. The van der Waals surface area contributed by atoms with Gasteiger partial charge in [-0.25, -0.2) is 0 Å². The largest absolute Gasteiger partial charge is 0.395 e. The molecular weight excluding hydrogens is 94.0 g/mol. The van der Waals surface area contributed by atoms with Crippen LogP contribution in [0.25, 0.3) is 0 Å². The Bertz CT molecular complexity index is 58.7. The lowest BCUT2D eigenvalue weighted by atomic mass is 10.5. The summed E-state index contributed by atoms with van der Waals surface area (Å²) in [5.74, 6) is 0. The minimum Gasteiger partial charge on any atom is -0.395 e. The molecule has 2 atom stereocenters. The average molecular weight is 103 g/mol. The van der Waals surface area contributed by atoms with E-state index in [1.807, 2.05) is 0 Å². The van der Waals surface area contributed by atoms with Gasteiger partial charge in [-0.1, -0.05) is 0 Å². The van der Waals surface area contributed by atoms with Gasteiger partial charge in [-0.15, -0.1) is 0 Å². The number of aliphatic hydroxyl groups excluding tert-OH is 2. The predicted octanol–water partition coefficient (Wildman–Crippen LogP) is -1.39. The number of nitrogens with zero attached hydrogens (tertiary/aromatic N) is 1. The van der Waals surface area contributed by atoms with E-state index in [9.17, 15) is 0 Å². The molecule has 2 N–H and O–H groups in total. The van der Waals surface area contributed by atoms with Crippen molar-refractivity contribution in [2.24, 2.45) is 0 Å². The molecule has 0 bridgehead atoms. The van der Waals surface area contributed by atoms with Crippen LogP contribution in [-0.2, 0) is 0 Å². The number of hydrogen-bond acceptors (Lipinski definition) is 3. The van der Waals surface area contributed by atoms with E-state index in [2.05, 4.69) is 0 Å². The van der Waals surface area contributed by atoms with E-state index in [1.165, 1.54) is 0 Å². The Morgan fingerprint density at radius 1 is 1.57 bits per heavy atom. The molecule has 2 unspecified atom stereocenters. The van der Waals surface area contributed by atoms with Gasteiger partial charge in [0.2, 0.25) is 0 Å². The van der Waals surface area contributed by atoms with E-state index in [-0.39, 0.29) is 19.4 Å². The molecule has 0 aromatic rings. The molecule has 1 fully saturated rings. The molecule has 42 valence electrons. The molecule has 0 aromatic carbocycles. The first kappa shape index (κ1) is 5.03. The third kappa shape index (κ3) is 0.907. The molecule has 0 saturated carbocycles. The number of aliphatic hydroxyl groups is 2. The van der Waals surface area contributed by atoms with Crippen LogP contribution in [0, 0.1) is 0 Å². The smallest absolute Gasteiger partial charge is 0.0960 e. The summed E-state index contributed by atoms with van der Waals surface area (Å²) in [7, 11) is 0. The summed E-state index contributed by atoms with van der Waals surface area (Å²) in [6.07, 6.45) is 0. The summed E-state index contributed by atoms with van der Waals surface area (Å²) in [6, 6.07) is 0.255. The van der Waals surface area contributed by atoms with Crippen molar-refractivity contribution in [3.63, 3.8) is 0 Å². The van der Waals surface area contributed by atoms with Gasteiger partial charge in [0.05, 0.1) is 13.3 Å². The fourth-order valence-corrected chi connectivity index (χ4v) is 0.570. The zero-order chi connectivity index (χ0) is 5.28. The molecule has 1 aliphatic rings. The minimum atomic E-state index is 0.0885. The molecule has 3 nitrogen and oxygen atoms in total. The van der Waals surface area contributed by atoms with E-state index in [4.69, 9.17) is 10.2 Å². The maximum Gasteiger partial charge on any atom is 0.0960 e. The van der Waals surface area contributed by atoms with Crippen LogP contribution in [0.3, 0.4) is 0 Å². The molecule has 1 heterocycles. The summed E-state index contributed by atoms with van der Waals surface area (Å²) >= 11 is 0. The maximum atomic E-state index is 8.35. The van der Waals surface area contributed by atoms with Crippen LogP contribution in [0.4, 0.5) is 0 Å². The first-order valence-corrected chi connectivity index (χ1v) is 2.34. The second-order valence-corrected chi connectivity index (χ2v) is 1.75. The number of rotatable bonds is 2. The normalized spacial score (nSPS) is 38.6. The van der Waals surface area contributed by atoms with Gasteiger partial charge in [-0.05, 0) is 0 Å². The van der Waals surface area contributed by atoms with E-state index in [1.54, 1.807) is 4.90 Å². The van der Waals surface area contributed by atoms with Gasteiger partial charge in [0.25, 0.3) is 0 Å². The highest BCUT2D eigenvalue weighted by Crippen LogP contribution is 2.12. The van der Waals surface area contributed by atoms with Crippen LogP contribution in [0.1, 0.15) is 0 Å². The Balaban J connectivity index is 2.06. The van der Waals surface area contributed by atoms with Crippen molar-refractivity contribution in [2.75, 3.05) is 19.9 Å². The van der Waals surface area contributed by atoms with Crippen molar-refractivity contribution in [3.05, 3.63) is 0 Å². The summed E-state index contributed by atoms with van der Waals surface area (Å²) in [6.45, 7) is 1.12. The Hall–Kier alpha value is -0.120. The lowest BCUT2D eigenvalue weighted by Crippen LogP contribution is -2.05. The molecule has 1 saturated heterocycles. The molecule has 1 aliphatic heterocycles. The third-order valence-electron chi connectivity index (χ3n) is 1.22. The Morgan fingerprint density at radius 3 is 2.43 bits per heavy atom. The average Bonchev–Trinajstić information content (AvgIpc) is 2.43. The summed E-state index contributed by atoms with van der Waals surface area (Å²) in [5, 5.41) is 16.7. The van der Waals surface area contributed by atoms with Crippen molar-refractivity contribution < 1.29 is 10.2 Å². The van der Waals surface area contributed by atoms with E-state index >= 15 is 0 Å². The van der Waals surface area contributed by atoms with Gasteiger partial charge < -0.3 is 10.2 Å². The standard InChI is InChI=1S/C4H9NO2/c6-2-4-1-5(4)3-7/h4,6-7H,1-3H2. The summed E-state index contributed by atoms with van der Waals surface area (Å²) in [5.41, 5.74) is 0. The van der Waals surface area contributed by atoms with Gasteiger partial charge in [0.1, 0.15) is 0 Å².